The molecule has 0 amide bonds. The molecule has 74 valence electrons. The fraction of sp³-hybridized carbons (Fsp3) is 0. The van der Waals surface area contributed by atoms with E-state index >= 15 is 0 Å². The fourth-order valence-electron chi connectivity index (χ4n) is 0.722. The minimum Gasteiger partial charge on any atom is -0.506 e. The third kappa shape index (κ3) is 2.97. The number of benzene rings is 1. The van der Waals surface area contributed by atoms with Gasteiger partial charge in [0.15, 0.2) is 0 Å². The zero-order valence-corrected chi connectivity index (χ0v) is 6.83. The molecule has 10 N–H and O–H groups in total. The van der Waals surface area contributed by atoms with E-state index in [1.54, 1.807) is 0 Å². The van der Waals surface area contributed by atoms with Gasteiger partial charge in [0.25, 0.3) is 0 Å². The van der Waals surface area contributed by atoms with Crippen LogP contribution in [0, 0.1) is 5.41 Å². The minimum absolute atomic E-state index is 0. The molecule has 0 radical (unpaired) electrons. The third-order valence-electron chi connectivity index (χ3n) is 1.34. The van der Waals surface area contributed by atoms with Gasteiger partial charge in [-0.3, -0.25) is 5.41 Å². The van der Waals surface area contributed by atoms with Crippen molar-refractivity contribution < 1.29 is 16.1 Å². The summed E-state index contributed by atoms with van der Waals surface area (Å²) in [6.07, 6.45) is 0. The van der Waals surface area contributed by atoms with E-state index < -0.39 is 0 Å². The van der Waals surface area contributed by atoms with Crippen molar-refractivity contribution in [2.45, 2.75) is 0 Å². The first-order valence-electron chi connectivity index (χ1n) is 3.04. The summed E-state index contributed by atoms with van der Waals surface area (Å²) in [5, 5.41) is 16.0. The highest BCUT2D eigenvalue weighted by molar-refractivity contribution is 5.96. The van der Waals surface area contributed by atoms with E-state index in [9.17, 15) is 0 Å². The zero-order chi connectivity index (χ0) is 8.43. The van der Waals surface area contributed by atoms with Crippen LogP contribution in [0.2, 0.25) is 0 Å². The number of nitrogens with one attached hydrogen (secondary N) is 1. The van der Waals surface area contributed by atoms with Gasteiger partial charge >= 0.3 is 0 Å². The van der Waals surface area contributed by atoms with Crippen LogP contribution in [0.4, 0.5) is 5.69 Å². The lowest BCUT2D eigenvalue weighted by molar-refractivity contribution is 0.478. The summed E-state index contributed by atoms with van der Waals surface area (Å²) >= 11 is 0. The van der Waals surface area contributed by atoms with E-state index in [-0.39, 0.29) is 28.2 Å². The molecule has 0 atom stereocenters. The fourth-order valence-corrected chi connectivity index (χ4v) is 0.722. The average Bonchev–Trinajstić information content (AvgIpc) is 1.94. The van der Waals surface area contributed by atoms with Gasteiger partial charge in [-0.15, -0.1) is 0 Å². The number of nitrogens with two attached hydrogens (primary N) is 2. The quantitative estimate of drug-likeness (QED) is 0.185. The Kier molecular flexibility index (Phi) is 5.26. The lowest BCUT2D eigenvalue weighted by Gasteiger charge is -2.00. The van der Waals surface area contributed by atoms with Crippen molar-refractivity contribution in [1.82, 2.24) is 0 Å². The molecule has 0 spiro atoms. The molecule has 0 heterocycles. The molecule has 0 aliphatic heterocycles. The maximum atomic E-state index is 8.99. The van der Waals surface area contributed by atoms with Gasteiger partial charge in [0, 0.05) is 5.56 Å². The second-order valence-electron chi connectivity index (χ2n) is 2.19. The number of aromatic hydroxyl groups is 1. The number of nitrogen functional groups attached to an aromatic ring is 2. The van der Waals surface area contributed by atoms with Crippen molar-refractivity contribution in [1.29, 1.82) is 5.41 Å². The van der Waals surface area contributed by atoms with Gasteiger partial charge < -0.3 is 27.5 Å². The largest absolute Gasteiger partial charge is 0.506 e. The van der Waals surface area contributed by atoms with Gasteiger partial charge in [0.2, 0.25) is 0 Å². The summed E-state index contributed by atoms with van der Waals surface area (Å²) in [5.74, 6) is -0.0494. The first-order chi connectivity index (χ1) is 5.11. The third-order valence-corrected chi connectivity index (χ3v) is 1.34. The summed E-state index contributed by atoms with van der Waals surface area (Å²) in [4.78, 5) is 0. The number of hydrogen-bond acceptors (Lipinski definition) is 3. The Hall–Kier alpha value is -1.79. The highest BCUT2D eigenvalue weighted by Crippen LogP contribution is 2.19. The molecule has 6 heteroatoms. The molecule has 0 saturated carbocycles. The lowest BCUT2D eigenvalue weighted by atomic mass is 10.2. The molecular weight excluding hydrogens is 174 g/mol. The van der Waals surface area contributed by atoms with E-state index in [4.69, 9.17) is 22.0 Å². The van der Waals surface area contributed by atoms with Crippen LogP contribution in [-0.4, -0.2) is 21.9 Å². The summed E-state index contributed by atoms with van der Waals surface area (Å²) in [5.41, 5.74) is 11.3. The van der Waals surface area contributed by atoms with Crippen molar-refractivity contribution in [2.75, 3.05) is 5.73 Å². The maximum absolute atomic E-state index is 8.99. The summed E-state index contributed by atoms with van der Waals surface area (Å²) in [7, 11) is 0. The number of hydrogen-bond donors (Lipinski definition) is 4. The van der Waals surface area contributed by atoms with Crippen molar-refractivity contribution in [3.63, 3.8) is 0 Å². The Morgan fingerprint density at radius 2 is 1.85 bits per heavy atom. The van der Waals surface area contributed by atoms with Gasteiger partial charge in [-0.2, -0.15) is 0 Å². The monoisotopic (exact) mass is 187 g/mol. The predicted molar refractivity (Wildman–Crippen MR) is 50.8 cm³/mol. The maximum Gasteiger partial charge on any atom is 0.138 e. The zero-order valence-electron chi connectivity index (χ0n) is 6.83. The van der Waals surface area contributed by atoms with E-state index in [1.807, 2.05) is 0 Å². The van der Waals surface area contributed by atoms with Crippen LogP contribution in [0.5, 0.6) is 5.75 Å². The summed E-state index contributed by atoms with van der Waals surface area (Å²) < 4.78 is 0. The normalized spacial score (nSPS) is 8.00. The van der Waals surface area contributed by atoms with Crippen molar-refractivity contribution in [3.8, 4) is 5.75 Å². The second-order valence-corrected chi connectivity index (χ2v) is 2.19. The molecule has 0 bridgehead atoms. The minimum atomic E-state index is -0.0586. The Balaban J connectivity index is 0. The summed E-state index contributed by atoms with van der Waals surface area (Å²) in [6.45, 7) is 0. The van der Waals surface area contributed by atoms with Crippen LogP contribution < -0.4 is 11.5 Å². The van der Waals surface area contributed by atoms with Gasteiger partial charge in [-0.1, -0.05) is 0 Å². The Morgan fingerprint density at radius 1 is 1.31 bits per heavy atom. The number of amidine groups is 1. The number of phenols is 1. The number of rotatable bonds is 1. The van der Waals surface area contributed by atoms with Crippen LogP contribution >= 0.6 is 0 Å². The first kappa shape index (κ1) is 13.8. The van der Waals surface area contributed by atoms with E-state index in [0.717, 1.165) is 0 Å². The van der Waals surface area contributed by atoms with E-state index in [2.05, 4.69) is 0 Å². The van der Waals surface area contributed by atoms with Gasteiger partial charge in [-0.05, 0) is 18.2 Å². The van der Waals surface area contributed by atoms with Gasteiger partial charge in [-0.25, -0.2) is 0 Å². The molecule has 6 nitrogen and oxygen atoms in total. The molecule has 0 aromatic heterocycles. The molecular formula is C7H13N3O3. The molecule has 0 saturated heterocycles. The molecule has 0 unspecified atom stereocenters. The standard InChI is InChI=1S/C7H9N3O.2H2O/c8-5-3-4(7(9)10)1-2-6(5)11;;/h1-3,11H,8H2,(H3,9,10);2*1H2. The smallest absolute Gasteiger partial charge is 0.138 e. The highest BCUT2D eigenvalue weighted by atomic mass is 16.3. The van der Waals surface area contributed by atoms with Crippen LogP contribution in [0.1, 0.15) is 5.56 Å². The first-order valence-corrected chi connectivity index (χ1v) is 3.04. The Labute approximate surface area is 74.9 Å². The van der Waals surface area contributed by atoms with Gasteiger partial charge in [0.05, 0.1) is 5.69 Å². The molecule has 0 aliphatic carbocycles. The molecule has 1 aromatic rings. The van der Waals surface area contributed by atoms with Crippen molar-refractivity contribution >= 4 is 11.5 Å². The Bertz CT molecular complexity index is 301. The highest BCUT2D eigenvalue weighted by Gasteiger charge is 1.99. The summed E-state index contributed by atoms with van der Waals surface area (Å²) in [6, 6.07) is 4.40. The molecule has 1 aromatic carbocycles. The number of anilines is 1. The average molecular weight is 187 g/mol. The second kappa shape index (κ2) is 4.96. The van der Waals surface area contributed by atoms with E-state index in [0.29, 0.717) is 5.56 Å². The van der Waals surface area contributed by atoms with Gasteiger partial charge in [0.1, 0.15) is 11.6 Å². The molecule has 13 heavy (non-hydrogen) atoms. The van der Waals surface area contributed by atoms with Crippen LogP contribution in [0.3, 0.4) is 0 Å². The topological polar surface area (TPSA) is 159 Å². The van der Waals surface area contributed by atoms with Crippen molar-refractivity contribution in [3.05, 3.63) is 23.8 Å². The van der Waals surface area contributed by atoms with E-state index in [1.165, 1.54) is 18.2 Å². The molecule has 1 rings (SSSR count). The molecule has 0 aliphatic rings. The van der Waals surface area contributed by atoms with Crippen LogP contribution in [0.25, 0.3) is 0 Å². The predicted octanol–water partition coefficient (Wildman–Crippen LogP) is -1.39. The van der Waals surface area contributed by atoms with Crippen molar-refractivity contribution in [2.24, 2.45) is 5.73 Å². The SMILES string of the molecule is N=C(N)c1ccc(O)c(N)c1.O.O. The lowest BCUT2D eigenvalue weighted by Crippen LogP contribution is -2.10. The Morgan fingerprint density at radius 3 is 2.23 bits per heavy atom. The number of phenolic OH excluding ortho intramolecular Hbond substituents is 1. The molecule has 0 fully saturated rings. The van der Waals surface area contributed by atoms with Crippen LogP contribution in [0.15, 0.2) is 18.2 Å². The van der Waals surface area contributed by atoms with Crippen LogP contribution in [-0.2, 0) is 0 Å².